The quantitative estimate of drug-likeness (QED) is 0.518. The molecule has 0 aliphatic heterocycles. The number of hydrogen-bond acceptors (Lipinski definition) is 5. The molecular weight excluding hydrogens is 411 g/mol. The van der Waals surface area contributed by atoms with Gasteiger partial charge in [0.1, 0.15) is 0 Å². The van der Waals surface area contributed by atoms with Crippen molar-refractivity contribution in [3.63, 3.8) is 0 Å². The van der Waals surface area contributed by atoms with Crippen LogP contribution in [0.1, 0.15) is 17.3 Å². The van der Waals surface area contributed by atoms with Crippen molar-refractivity contribution in [3.05, 3.63) is 58.1 Å². The number of amides is 2. The van der Waals surface area contributed by atoms with Gasteiger partial charge in [0.25, 0.3) is 5.91 Å². The Bertz CT molecular complexity index is 876. The lowest BCUT2D eigenvalue weighted by atomic mass is 10.2. The van der Waals surface area contributed by atoms with E-state index in [0.29, 0.717) is 15.6 Å². The summed E-state index contributed by atoms with van der Waals surface area (Å²) < 4.78 is 5.23. The van der Waals surface area contributed by atoms with Crippen LogP contribution in [-0.4, -0.2) is 29.6 Å². The molecule has 0 radical (unpaired) electrons. The number of thioether (sulfide) groups is 1. The van der Waals surface area contributed by atoms with Gasteiger partial charge in [-0.3, -0.25) is 9.59 Å². The van der Waals surface area contributed by atoms with Crippen LogP contribution in [0.3, 0.4) is 0 Å². The molecule has 0 aliphatic rings. The summed E-state index contributed by atoms with van der Waals surface area (Å²) in [7, 11) is 0. The summed E-state index contributed by atoms with van der Waals surface area (Å²) in [6, 6.07) is 11.2. The summed E-state index contributed by atoms with van der Waals surface area (Å²) in [4.78, 5) is 36.2. The number of anilines is 1. The number of carbonyl (C=O) groups is 3. The van der Waals surface area contributed by atoms with Crippen molar-refractivity contribution >= 4 is 58.4 Å². The standard InChI is InChI=1S/C18H16Cl2N2O4S/c1-10(17(24)22-14-7-6-11(19)8-13(14)20)26-18(25)12-4-2-3-5-15(12)27-9-16(21)23/h2-8,10H,9H2,1H3,(H2,21,23)(H,22,24). The maximum absolute atomic E-state index is 12.4. The highest BCUT2D eigenvalue weighted by Gasteiger charge is 2.21. The first-order valence-corrected chi connectivity index (χ1v) is 9.49. The molecule has 9 heteroatoms. The lowest BCUT2D eigenvalue weighted by Crippen LogP contribution is -2.30. The Morgan fingerprint density at radius 1 is 1.19 bits per heavy atom. The average Bonchev–Trinajstić information content (AvgIpc) is 2.62. The van der Waals surface area contributed by atoms with Gasteiger partial charge in [-0.2, -0.15) is 0 Å². The molecular formula is C18H16Cl2N2O4S. The molecule has 1 atom stereocenters. The highest BCUT2D eigenvalue weighted by molar-refractivity contribution is 8.00. The molecule has 0 spiro atoms. The number of rotatable bonds is 7. The first-order chi connectivity index (χ1) is 12.8. The van der Waals surface area contributed by atoms with E-state index in [2.05, 4.69) is 5.32 Å². The highest BCUT2D eigenvalue weighted by Crippen LogP contribution is 2.26. The van der Waals surface area contributed by atoms with Gasteiger partial charge in [0.15, 0.2) is 6.10 Å². The fourth-order valence-electron chi connectivity index (χ4n) is 2.01. The van der Waals surface area contributed by atoms with Gasteiger partial charge in [-0.25, -0.2) is 4.79 Å². The topological polar surface area (TPSA) is 98.5 Å². The zero-order valence-corrected chi connectivity index (χ0v) is 16.5. The Morgan fingerprint density at radius 2 is 1.89 bits per heavy atom. The van der Waals surface area contributed by atoms with Crippen LogP contribution in [0.2, 0.25) is 10.0 Å². The SMILES string of the molecule is CC(OC(=O)c1ccccc1SCC(N)=O)C(=O)Nc1ccc(Cl)cc1Cl. The van der Waals surface area contributed by atoms with Crippen molar-refractivity contribution in [3.8, 4) is 0 Å². The molecule has 2 amide bonds. The van der Waals surface area contributed by atoms with Crippen LogP contribution < -0.4 is 11.1 Å². The maximum atomic E-state index is 12.4. The number of carbonyl (C=O) groups excluding carboxylic acids is 3. The minimum atomic E-state index is -1.07. The van der Waals surface area contributed by atoms with Crippen molar-refractivity contribution in [2.75, 3.05) is 11.1 Å². The van der Waals surface area contributed by atoms with E-state index >= 15 is 0 Å². The number of esters is 1. The molecule has 27 heavy (non-hydrogen) atoms. The van der Waals surface area contributed by atoms with Crippen LogP contribution in [0, 0.1) is 0 Å². The van der Waals surface area contributed by atoms with E-state index in [1.54, 1.807) is 36.4 Å². The van der Waals surface area contributed by atoms with Crippen LogP contribution in [-0.2, 0) is 14.3 Å². The maximum Gasteiger partial charge on any atom is 0.340 e. The van der Waals surface area contributed by atoms with E-state index in [4.69, 9.17) is 33.7 Å². The second-order valence-electron chi connectivity index (χ2n) is 5.41. The van der Waals surface area contributed by atoms with Gasteiger partial charge in [-0.05, 0) is 37.3 Å². The minimum Gasteiger partial charge on any atom is -0.449 e. The molecule has 2 aromatic carbocycles. The highest BCUT2D eigenvalue weighted by atomic mass is 35.5. The third kappa shape index (κ3) is 6.16. The molecule has 0 bridgehead atoms. The predicted octanol–water partition coefficient (Wildman–Crippen LogP) is 3.75. The Morgan fingerprint density at radius 3 is 2.56 bits per heavy atom. The number of hydrogen-bond donors (Lipinski definition) is 2. The second kappa shape index (κ2) is 9.64. The van der Waals surface area contributed by atoms with E-state index in [9.17, 15) is 14.4 Å². The molecule has 1 unspecified atom stereocenters. The van der Waals surface area contributed by atoms with Crippen molar-refractivity contribution in [1.29, 1.82) is 0 Å². The fourth-order valence-corrected chi connectivity index (χ4v) is 3.25. The van der Waals surface area contributed by atoms with Crippen LogP contribution in [0.25, 0.3) is 0 Å². The summed E-state index contributed by atoms with van der Waals surface area (Å²) in [6.45, 7) is 1.44. The molecule has 0 saturated carbocycles. The van der Waals surface area contributed by atoms with Crippen LogP contribution in [0.15, 0.2) is 47.4 Å². The Hall–Kier alpha value is -2.22. The van der Waals surface area contributed by atoms with Crippen molar-refractivity contribution in [2.24, 2.45) is 5.73 Å². The molecule has 0 saturated heterocycles. The molecule has 0 aromatic heterocycles. The number of benzene rings is 2. The van der Waals surface area contributed by atoms with E-state index < -0.39 is 23.9 Å². The zero-order chi connectivity index (χ0) is 20.0. The molecule has 6 nitrogen and oxygen atoms in total. The lowest BCUT2D eigenvalue weighted by Gasteiger charge is -2.15. The number of ether oxygens (including phenoxy) is 1. The van der Waals surface area contributed by atoms with Crippen molar-refractivity contribution < 1.29 is 19.1 Å². The van der Waals surface area contributed by atoms with Crippen LogP contribution in [0.5, 0.6) is 0 Å². The smallest absolute Gasteiger partial charge is 0.340 e. The van der Waals surface area contributed by atoms with Crippen LogP contribution >= 0.6 is 35.0 Å². The molecule has 142 valence electrons. The Balaban J connectivity index is 2.04. The summed E-state index contributed by atoms with van der Waals surface area (Å²) in [6.07, 6.45) is -1.07. The number of halogens is 2. The van der Waals surface area contributed by atoms with Gasteiger partial charge in [0, 0.05) is 9.92 Å². The molecule has 0 fully saturated rings. The molecule has 0 aliphatic carbocycles. The molecule has 2 rings (SSSR count). The molecule has 0 heterocycles. The first kappa shape index (κ1) is 21.1. The number of nitrogens with two attached hydrogens (primary N) is 1. The minimum absolute atomic E-state index is 0.0232. The van der Waals surface area contributed by atoms with E-state index in [1.807, 2.05) is 0 Å². The van der Waals surface area contributed by atoms with E-state index in [1.165, 1.54) is 13.0 Å². The summed E-state index contributed by atoms with van der Waals surface area (Å²) >= 11 is 12.9. The monoisotopic (exact) mass is 426 g/mol. The normalized spacial score (nSPS) is 11.5. The van der Waals surface area contributed by atoms with Gasteiger partial charge in [-0.1, -0.05) is 35.3 Å². The number of nitrogens with one attached hydrogen (secondary N) is 1. The zero-order valence-electron chi connectivity index (χ0n) is 14.2. The molecule has 2 aromatic rings. The van der Waals surface area contributed by atoms with Gasteiger partial charge in [-0.15, -0.1) is 11.8 Å². The third-order valence-electron chi connectivity index (χ3n) is 3.32. The fraction of sp³-hybridized carbons (Fsp3) is 0.167. The second-order valence-corrected chi connectivity index (χ2v) is 7.27. The number of primary amides is 1. The van der Waals surface area contributed by atoms with Gasteiger partial charge in [0.05, 0.1) is 22.0 Å². The summed E-state index contributed by atoms with van der Waals surface area (Å²) in [5, 5.41) is 3.27. The van der Waals surface area contributed by atoms with Gasteiger partial charge < -0.3 is 15.8 Å². The predicted molar refractivity (Wildman–Crippen MR) is 106 cm³/mol. The van der Waals surface area contributed by atoms with E-state index in [-0.39, 0.29) is 16.3 Å². The summed E-state index contributed by atoms with van der Waals surface area (Å²) in [5.41, 5.74) is 5.73. The van der Waals surface area contributed by atoms with Crippen molar-refractivity contribution in [2.45, 2.75) is 17.9 Å². The summed E-state index contributed by atoms with van der Waals surface area (Å²) in [5.74, 6) is -1.71. The van der Waals surface area contributed by atoms with E-state index in [0.717, 1.165) is 11.8 Å². The lowest BCUT2D eigenvalue weighted by molar-refractivity contribution is -0.123. The van der Waals surface area contributed by atoms with Crippen LogP contribution in [0.4, 0.5) is 5.69 Å². The first-order valence-electron chi connectivity index (χ1n) is 7.75. The molecule has 3 N–H and O–H groups in total. The third-order valence-corrected chi connectivity index (χ3v) is 4.96. The Labute approximate surface area is 170 Å². The largest absolute Gasteiger partial charge is 0.449 e. The van der Waals surface area contributed by atoms with Gasteiger partial charge >= 0.3 is 5.97 Å². The van der Waals surface area contributed by atoms with Crippen molar-refractivity contribution in [1.82, 2.24) is 0 Å². The average molecular weight is 427 g/mol. The van der Waals surface area contributed by atoms with Gasteiger partial charge in [0.2, 0.25) is 5.91 Å². The Kier molecular flexibility index (Phi) is 7.53.